The van der Waals surface area contributed by atoms with Crippen LogP contribution in [0.25, 0.3) is 11.0 Å². The molecule has 6 nitrogen and oxygen atoms in total. The Morgan fingerprint density at radius 3 is 2.47 bits per heavy atom. The molecule has 0 saturated carbocycles. The molecule has 162 valence electrons. The fourth-order valence-electron chi connectivity index (χ4n) is 3.17. The van der Waals surface area contributed by atoms with E-state index < -0.39 is 0 Å². The molecule has 0 aliphatic heterocycles. The van der Waals surface area contributed by atoms with E-state index in [0.29, 0.717) is 6.61 Å². The zero-order valence-electron chi connectivity index (χ0n) is 17.7. The summed E-state index contributed by atoms with van der Waals surface area (Å²) in [6, 6.07) is 18.4. The quantitative estimate of drug-likeness (QED) is 0.160. The van der Waals surface area contributed by atoms with E-state index in [4.69, 9.17) is 4.74 Å². The average Bonchev–Trinajstić information content (AvgIpc) is 3.18. The van der Waals surface area contributed by atoms with Crippen LogP contribution in [-0.4, -0.2) is 42.7 Å². The molecule has 1 aromatic heterocycles. The highest BCUT2D eigenvalue weighted by molar-refractivity contribution is 14.0. The van der Waals surface area contributed by atoms with Crippen molar-refractivity contribution in [3.8, 4) is 0 Å². The predicted octanol–water partition coefficient (Wildman–Crippen LogP) is 4.45. The van der Waals surface area contributed by atoms with Crippen molar-refractivity contribution in [2.24, 2.45) is 4.99 Å². The number of rotatable bonds is 10. The van der Waals surface area contributed by atoms with Crippen LogP contribution >= 0.6 is 24.0 Å². The molecule has 3 rings (SSSR count). The Morgan fingerprint density at radius 2 is 1.73 bits per heavy atom. The van der Waals surface area contributed by atoms with Gasteiger partial charge in [-0.1, -0.05) is 42.5 Å². The predicted molar refractivity (Wildman–Crippen MR) is 135 cm³/mol. The molecule has 1 unspecified atom stereocenters. The van der Waals surface area contributed by atoms with Crippen molar-refractivity contribution in [2.75, 3.05) is 26.7 Å². The molecule has 2 aromatic carbocycles. The number of halogens is 1. The van der Waals surface area contributed by atoms with Gasteiger partial charge in [-0.05, 0) is 37.5 Å². The van der Waals surface area contributed by atoms with Crippen molar-refractivity contribution < 1.29 is 4.74 Å². The molecule has 3 N–H and O–H groups in total. The Hall–Kier alpha value is -2.13. The summed E-state index contributed by atoms with van der Waals surface area (Å²) in [5.74, 6) is 1.85. The number of hydrogen-bond acceptors (Lipinski definition) is 3. The van der Waals surface area contributed by atoms with Gasteiger partial charge in [0.15, 0.2) is 5.96 Å². The van der Waals surface area contributed by atoms with Crippen LogP contribution in [0.5, 0.6) is 0 Å². The Bertz CT molecular complexity index is 864. The molecule has 0 aliphatic carbocycles. The van der Waals surface area contributed by atoms with Gasteiger partial charge in [0.2, 0.25) is 0 Å². The number of benzene rings is 2. The van der Waals surface area contributed by atoms with Gasteiger partial charge in [-0.2, -0.15) is 0 Å². The van der Waals surface area contributed by atoms with Crippen molar-refractivity contribution >= 4 is 41.0 Å². The molecule has 0 bridgehead atoms. The zero-order valence-corrected chi connectivity index (χ0v) is 20.1. The van der Waals surface area contributed by atoms with Gasteiger partial charge in [0, 0.05) is 33.2 Å². The highest BCUT2D eigenvalue weighted by atomic mass is 127. The fourth-order valence-corrected chi connectivity index (χ4v) is 3.17. The second-order valence-corrected chi connectivity index (χ2v) is 7.01. The number of nitrogens with zero attached hydrogens (tertiary/aromatic N) is 2. The normalized spacial score (nSPS) is 12.4. The van der Waals surface area contributed by atoms with Crippen LogP contribution in [0.2, 0.25) is 0 Å². The van der Waals surface area contributed by atoms with Gasteiger partial charge in [-0.3, -0.25) is 4.99 Å². The first-order valence-electron chi connectivity index (χ1n) is 10.3. The highest BCUT2D eigenvalue weighted by Crippen LogP contribution is 2.15. The Balaban J connectivity index is 0.00000320. The van der Waals surface area contributed by atoms with E-state index in [0.717, 1.165) is 55.2 Å². The minimum Gasteiger partial charge on any atom is -0.374 e. The van der Waals surface area contributed by atoms with Crippen molar-refractivity contribution in [1.82, 2.24) is 20.6 Å². The van der Waals surface area contributed by atoms with Crippen LogP contribution in [0.4, 0.5) is 0 Å². The summed E-state index contributed by atoms with van der Waals surface area (Å²) in [5, 5.41) is 6.69. The van der Waals surface area contributed by atoms with Crippen LogP contribution in [0, 0.1) is 0 Å². The van der Waals surface area contributed by atoms with Crippen molar-refractivity contribution in [2.45, 2.75) is 32.3 Å². The Morgan fingerprint density at radius 1 is 1.03 bits per heavy atom. The van der Waals surface area contributed by atoms with E-state index in [1.807, 2.05) is 36.4 Å². The van der Waals surface area contributed by atoms with Crippen molar-refractivity contribution in [3.63, 3.8) is 0 Å². The monoisotopic (exact) mass is 521 g/mol. The van der Waals surface area contributed by atoms with E-state index in [9.17, 15) is 0 Å². The Kier molecular flexibility index (Phi) is 10.6. The number of para-hydroxylation sites is 2. The number of hydrogen-bond donors (Lipinski definition) is 3. The largest absolute Gasteiger partial charge is 0.374 e. The molecule has 3 aromatic rings. The van der Waals surface area contributed by atoms with Crippen molar-refractivity contribution in [1.29, 1.82) is 0 Å². The minimum atomic E-state index is 0. The first-order chi connectivity index (χ1) is 14.3. The zero-order chi connectivity index (χ0) is 20.3. The number of H-pyrrole nitrogens is 1. The van der Waals surface area contributed by atoms with Crippen molar-refractivity contribution in [3.05, 3.63) is 66.0 Å². The summed E-state index contributed by atoms with van der Waals surface area (Å²) in [7, 11) is 1.79. The van der Waals surface area contributed by atoms with E-state index >= 15 is 0 Å². The molecule has 0 radical (unpaired) electrons. The second kappa shape index (κ2) is 13.2. The van der Waals surface area contributed by atoms with Crippen LogP contribution < -0.4 is 10.6 Å². The lowest BCUT2D eigenvalue weighted by molar-refractivity contribution is 0.0646. The first kappa shape index (κ1) is 24.1. The summed E-state index contributed by atoms with van der Waals surface area (Å²) in [6.07, 6.45) is 2.94. The van der Waals surface area contributed by atoms with E-state index in [1.165, 1.54) is 5.56 Å². The number of aromatic amines is 1. The fraction of sp³-hybridized carbons (Fsp3) is 0.391. The van der Waals surface area contributed by atoms with Gasteiger partial charge < -0.3 is 20.4 Å². The molecule has 0 saturated heterocycles. The molecule has 0 amide bonds. The maximum atomic E-state index is 5.91. The van der Waals surface area contributed by atoms with Gasteiger partial charge in [-0.25, -0.2) is 4.98 Å². The molecular formula is C23H32IN5O. The molecule has 0 fully saturated rings. The summed E-state index contributed by atoms with van der Waals surface area (Å²) in [4.78, 5) is 12.3. The van der Waals surface area contributed by atoms with Gasteiger partial charge in [0.05, 0.1) is 17.1 Å². The van der Waals surface area contributed by atoms with Gasteiger partial charge >= 0.3 is 0 Å². The number of nitrogens with one attached hydrogen (secondary N) is 3. The Labute approximate surface area is 196 Å². The molecule has 1 atom stereocenters. The molecule has 1 heterocycles. The number of ether oxygens (including phenoxy) is 1. The summed E-state index contributed by atoms with van der Waals surface area (Å²) in [5.41, 5.74) is 3.33. The highest BCUT2D eigenvalue weighted by Gasteiger charge is 2.05. The number of fused-ring (bicyclic) bond motifs is 1. The van der Waals surface area contributed by atoms with Crippen LogP contribution in [0.3, 0.4) is 0 Å². The van der Waals surface area contributed by atoms with Gasteiger partial charge in [-0.15, -0.1) is 24.0 Å². The molecule has 30 heavy (non-hydrogen) atoms. The smallest absolute Gasteiger partial charge is 0.190 e. The number of aromatic nitrogens is 2. The van der Waals surface area contributed by atoms with E-state index in [1.54, 1.807) is 7.05 Å². The van der Waals surface area contributed by atoms with Crippen LogP contribution in [-0.2, 0) is 11.2 Å². The summed E-state index contributed by atoms with van der Waals surface area (Å²) in [6.45, 7) is 4.47. The third-order valence-electron chi connectivity index (χ3n) is 4.80. The number of guanidine groups is 1. The summed E-state index contributed by atoms with van der Waals surface area (Å²) < 4.78 is 5.91. The first-order valence-corrected chi connectivity index (χ1v) is 10.3. The molecular weight excluding hydrogens is 489 g/mol. The lowest BCUT2D eigenvalue weighted by Crippen LogP contribution is -2.38. The molecule has 0 spiro atoms. The number of aryl methyl sites for hydroxylation is 1. The standard InChI is InChI=1S/C23H31N5O.HI/c1-18(19-10-4-3-5-11-19)29-17-9-16-26-23(24-2)25-15-8-14-22-27-20-12-6-7-13-21(20)28-22;/h3-7,10-13,18H,8-9,14-17H2,1-2H3,(H,27,28)(H2,24,25,26);1H. The maximum absolute atomic E-state index is 5.91. The number of aliphatic imine (C=N–C) groups is 1. The SMILES string of the molecule is CN=C(NCCCOC(C)c1ccccc1)NCCCc1nc2ccccc2[nH]1.I. The summed E-state index contributed by atoms with van der Waals surface area (Å²) >= 11 is 0. The number of imidazole rings is 1. The molecule has 0 aliphatic rings. The lowest BCUT2D eigenvalue weighted by atomic mass is 10.1. The van der Waals surface area contributed by atoms with Crippen LogP contribution in [0.1, 0.15) is 37.3 Å². The maximum Gasteiger partial charge on any atom is 0.190 e. The van der Waals surface area contributed by atoms with Crippen LogP contribution in [0.15, 0.2) is 59.6 Å². The lowest BCUT2D eigenvalue weighted by Gasteiger charge is -2.14. The molecule has 7 heteroatoms. The van der Waals surface area contributed by atoms with Gasteiger partial charge in [0.1, 0.15) is 5.82 Å². The van der Waals surface area contributed by atoms with E-state index in [2.05, 4.69) is 50.7 Å². The van der Waals surface area contributed by atoms with E-state index in [-0.39, 0.29) is 30.1 Å². The second-order valence-electron chi connectivity index (χ2n) is 7.01. The third-order valence-corrected chi connectivity index (χ3v) is 4.80. The topological polar surface area (TPSA) is 74.3 Å². The average molecular weight is 521 g/mol. The van der Waals surface area contributed by atoms with Gasteiger partial charge in [0.25, 0.3) is 0 Å². The third kappa shape index (κ3) is 7.60. The minimum absolute atomic E-state index is 0.